The van der Waals surface area contributed by atoms with E-state index in [0.717, 1.165) is 6.42 Å². The van der Waals surface area contributed by atoms with Crippen molar-refractivity contribution in [3.05, 3.63) is 57.2 Å². The summed E-state index contributed by atoms with van der Waals surface area (Å²) in [5.41, 5.74) is 3.09. The maximum Gasteiger partial charge on any atom is 0.271 e. The molecule has 0 spiro atoms. The molecule has 0 aliphatic rings. The van der Waals surface area contributed by atoms with Gasteiger partial charge in [-0.1, -0.05) is 36.0 Å². The lowest BCUT2D eigenvalue weighted by molar-refractivity contribution is -0.118. The Morgan fingerprint density at radius 2 is 2.12 bits per heavy atom. The molecular formula is C18H19N3O2S2. The summed E-state index contributed by atoms with van der Waals surface area (Å²) in [6.45, 7) is 2.67. The van der Waals surface area contributed by atoms with Crippen LogP contribution in [0.3, 0.4) is 0 Å². The summed E-state index contributed by atoms with van der Waals surface area (Å²) in [6, 6.07) is 9.99. The second-order valence-corrected chi connectivity index (χ2v) is 7.57. The van der Waals surface area contributed by atoms with E-state index < -0.39 is 0 Å². The Labute approximate surface area is 154 Å². The monoisotopic (exact) mass is 373 g/mol. The van der Waals surface area contributed by atoms with Crippen molar-refractivity contribution in [1.82, 2.24) is 14.9 Å². The molecule has 0 aliphatic heterocycles. The van der Waals surface area contributed by atoms with Gasteiger partial charge in [0.1, 0.15) is 4.70 Å². The van der Waals surface area contributed by atoms with Gasteiger partial charge in [0.25, 0.3) is 5.56 Å². The Morgan fingerprint density at radius 1 is 1.32 bits per heavy atom. The standard InChI is InChI=1S/C18H19N3O2S2/c1-12-5-3-4-6-13(12)7-9-19-15(22)11-25-18-20-14-8-10-24-16(14)17(23)21(18)2/h3-6,8,10H,7,9,11H2,1-2H3,(H,19,22). The van der Waals surface area contributed by atoms with E-state index in [9.17, 15) is 9.59 Å². The van der Waals surface area contributed by atoms with Crippen LogP contribution in [0.25, 0.3) is 10.2 Å². The molecular weight excluding hydrogens is 354 g/mol. The lowest BCUT2D eigenvalue weighted by Gasteiger charge is -2.09. The summed E-state index contributed by atoms with van der Waals surface area (Å²) in [6.07, 6.45) is 0.806. The van der Waals surface area contributed by atoms with E-state index in [4.69, 9.17) is 0 Å². The van der Waals surface area contributed by atoms with Crippen molar-refractivity contribution in [3.8, 4) is 0 Å². The Balaban J connectivity index is 1.55. The molecule has 0 radical (unpaired) electrons. The second-order valence-electron chi connectivity index (χ2n) is 5.71. The zero-order valence-corrected chi connectivity index (χ0v) is 15.7. The van der Waals surface area contributed by atoms with Crippen molar-refractivity contribution in [2.75, 3.05) is 12.3 Å². The van der Waals surface area contributed by atoms with Crippen molar-refractivity contribution >= 4 is 39.2 Å². The van der Waals surface area contributed by atoms with Crippen molar-refractivity contribution in [1.29, 1.82) is 0 Å². The first-order valence-electron chi connectivity index (χ1n) is 7.94. The predicted octanol–water partition coefficient (Wildman–Crippen LogP) is 2.75. The third kappa shape index (κ3) is 4.11. The van der Waals surface area contributed by atoms with Crippen molar-refractivity contribution < 1.29 is 4.79 Å². The van der Waals surface area contributed by atoms with E-state index in [1.807, 2.05) is 23.6 Å². The molecule has 1 N–H and O–H groups in total. The molecule has 0 atom stereocenters. The largest absolute Gasteiger partial charge is 0.355 e. The van der Waals surface area contributed by atoms with Gasteiger partial charge in [-0.2, -0.15) is 0 Å². The summed E-state index contributed by atoms with van der Waals surface area (Å²) >= 11 is 2.67. The highest BCUT2D eigenvalue weighted by molar-refractivity contribution is 7.99. The van der Waals surface area contributed by atoms with Crippen LogP contribution >= 0.6 is 23.1 Å². The molecule has 0 aliphatic carbocycles. The minimum absolute atomic E-state index is 0.0572. The number of amides is 1. The number of carbonyl (C=O) groups excluding carboxylic acids is 1. The van der Waals surface area contributed by atoms with Gasteiger partial charge in [0.05, 0.1) is 11.3 Å². The number of carbonyl (C=O) groups is 1. The number of thioether (sulfide) groups is 1. The van der Waals surface area contributed by atoms with E-state index in [1.165, 1.54) is 38.8 Å². The van der Waals surface area contributed by atoms with Gasteiger partial charge in [0, 0.05) is 13.6 Å². The maximum atomic E-state index is 12.2. The van der Waals surface area contributed by atoms with Crippen LogP contribution < -0.4 is 10.9 Å². The zero-order chi connectivity index (χ0) is 17.8. The number of fused-ring (bicyclic) bond motifs is 1. The van der Waals surface area contributed by atoms with Gasteiger partial charge in [0.2, 0.25) is 5.91 Å². The number of benzene rings is 1. The van der Waals surface area contributed by atoms with Crippen molar-refractivity contribution in [3.63, 3.8) is 0 Å². The van der Waals surface area contributed by atoms with Gasteiger partial charge in [-0.05, 0) is 35.9 Å². The summed E-state index contributed by atoms with van der Waals surface area (Å²) in [5, 5.41) is 5.34. The van der Waals surface area contributed by atoms with Gasteiger partial charge >= 0.3 is 0 Å². The number of hydrogen-bond donors (Lipinski definition) is 1. The molecule has 3 aromatic rings. The van der Waals surface area contributed by atoms with E-state index in [0.29, 0.717) is 21.9 Å². The molecule has 2 aromatic heterocycles. The molecule has 1 aromatic carbocycles. The van der Waals surface area contributed by atoms with Crippen molar-refractivity contribution in [2.45, 2.75) is 18.5 Å². The minimum atomic E-state index is -0.0672. The fourth-order valence-electron chi connectivity index (χ4n) is 2.51. The van der Waals surface area contributed by atoms with Crippen LogP contribution in [-0.2, 0) is 18.3 Å². The van der Waals surface area contributed by atoms with Crippen LogP contribution in [0, 0.1) is 6.92 Å². The number of nitrogens with zero attached hydrogens (tertiary/aromatic N) is 2. The first-order valence-corrected chi connectivity index (χ1v) is 9.81. The molecule has 1 amide bonds. The highest BCUT2D eigenvalue weighted by Gasteiger charge is 2.11. The number of thiophene rings is 1. The van der Waals surface area contributed by atoms with E-state index >= 15 is 0 Å². The van der Waals surface area contributed by atoms with Gasteiger partial charge in [-0.15, -0.1) is 11.3 Å². The summed E-state index contributed by atoms with van der Waals surface area (Å²) in [4.78, 5) is 28.8. The number of hydrogen-bond acceptors (Lipinski definition) is 5. The number of aromatic nitrogens is 2. The molecule has 0 unspecified atom stereocenters. The molecule has 0 bridgehead atoms. The summed E-state index contributed by atoms with van der Waals surface area (Å²) in [5.74, 6) is 0.183. The number of aryl methyl sites for hydroxylation is 1. The van der Waals surface area contributed by atoms with Crippen molar-refractivity contribution in [2.24, 2.45) is 7.05 Å². The Kier molecular flexibility index (Phi) is 5.55. The third-order valence-electron chi connectivity index (χ3n) is 3.96. The fraction of sp³-hybridized carbons (Fsp3) is 0.278. The molecule has 7 heteroatoms. The fourth-order valence-corrected chi connectivity index (χ4v) is 4.11. The summed E-state index contributed by atoms with van der Waals surface area (Å²) in [7, 11) is 1.69. The molecule has 130 valence electrons. The number of rotatable bonds is 6. The average Bonchev–Trinajstić information content (AvgIpc) is 3.07. The number of nitrogens with one attached hydrogen (secondary N) is 1. The first kappa shape index (κ1) is 17.7. The molecule has 0 saturated heterocycles. The predicted molar refractivity (Wildman–Crippen MR) is 103 cm³/mol. The Morgan fingerprint density at radius 3 is 2.92 bits per heavy atom. The van der Waals surface area contributed by atoms with E-state index in [-0.39, 0.29) is 17.2 Å². The normalized spacial score (nSPS) is 11.0. The Hall–Kier alpha value is -2.12. The molecule has 0 saturated carbocycles. The quantitative estimate of drug-likeness (QED) is 0.533. The lowest BCUT2D eigenvalue weighted by atomic mass is 10.1. The third-order valence-corrected chi connectivity index (χ3v) is 5.88. The van der Waals surface area contributed by atoms with Crippen LogP contribution in [0.5, 0.6) is 0 Å². The molecule has 25 heavy (non-hydrogen) atoms. The van der Waals surface area contributed by atoms with Crippen LogP contribution in [0.1, 0.15) is 11.1 Å². The van der Waals surface area contributed by atoms with E-state index in [2.05, 4.69) is 29.4 Å². The minimum Gasteiger partial charge on any atom is -0.355 e. The highest BCUT2D eigenvalue weighted by atomic mass is 32.2. The van der Waals surface area contributed by atoms with Gasteiger partial charge in [0.15, 0.2) is 5.16 Å². The smallest absolute Gasteiger partial charge is 0.271 e. The zero-order valence-electron chi connectivity index (χ0n) is 14.1. The highest BCUT2D eigenvalue weighted by Crippen LogP contribution is 2.19. The molecule has 0 fully saturated rings. The van der Waals surface area contributed by atoms with Crippen LogP contribution in [0.2, 0.25) is 0 Å². The van der Waals surface area contributed by atoms with Crippen LogP contribution in [0.15, 0.2) is 45.7 Å². The van der Waals surface area contributed by atoms with Crippen LogP contribution in [-0.4, -0.2) is 27.8 Å². The first-order chi connectivity index (χ1) is 12.1. The average molecular weight is 374 g/mol. The lowest BCUT2D eigenvalue weighted by Crippen LogP contribution is -2.28. The van der Waals surface area contributed by atoms with Crippen LogP contribution in [0.4, 0.5) is 0 Å². The van der Waals surface area contributed by atoms with Gasteiger partial charge < -0.3 is 5.32 Å². The molecule has 3 rings (SSSR count). The van der Waals surface area contributed by atoms with Gasteiger partial charge in [-0.25, -0.2) is 4.98 Å². The van der Waals surface area contributed by atoms with E-state index in [1.54, 1.807) is 7.05 Å². The molecule has 2 heterocycles. The summed E-state index contributed by atoms with van der Waals surface area (Å²) < 4.78 is 2.15. The molecule has 5 nitrogen and oxygen atoms in total. The van der Waals surface area contributed by atoms with Gasteiger partial charge in [-0.3, -0.25) is 14.2 Å². The SMILES string of the molecule is Cc1ccccc1CCNC(=O)CSc1nc2ccsc2c(=O)n1C. The topological polar surface area (TPSA) is 64.0 Å². The second kappa shape index (κ2) is 7.84. The Bertz CT molecular complexity index is 962. The maximum absolute atomic E-state index is 12.2.